The second-order valence-corrected chi connectivity index (χ2v) is 9.91. The summed E-state index contributed by atoms with van der Waals surface area (Å²) in [6, 6.07) is 27.5. The molecule has 0 aliphatic carbocycles. The maximum atomic E-state index is 12.7. The van der Waals surface area contributed by atoms with Gasteiger partial charge in [-0.25, -0.2) is 0 Å². The second-order valence-electron chi connectivity index (χ2n) is 8.97. The third kappa shape index (κ3) is 5.78. The van der Waals surface area contributed by atoms with E-state index in [1.807, 2.05) is 72.8 Å². The summed E-state index contributed by atoms with van der Waals surface area (Å²) in [6.45, 7) is 1.30. The minimum absolute atomic E-state index is 0.128. The molecule has 8 nitrogen and oxygen atoms in total. The van der Waals surface area contributed by atoms with Crippen LogP contribution in [0.5, 0.6) is 11.5 Å². The van der Waals surface area contributed by atoms with Gasteiger partial charge < -0.3 is 14.8 Å². The van der Waals surface area contributed by atoms with Crippen LogP contribution in [0.15, 0.2) is 102 Å². The average molecular weight is 536 g/mol. The highest BCUT2D eigenvalue weighted by molar-refractivity contribution is 7.98. The molecule has 6 rings (SSSR count). The summed E-state index contributed by atoms with van der Waals surface area (Å²) >= 11 is 1.62. The van der Waals surface area contributed by atoms with Gasteiger partial charge >= 0.3 is 0 Å². The lowest BCUT2D eigenvalue weighted by atomic mass is 10.1. The molecule has 2 aromatic heterocycles. The van der Waals surface area contributed by atoms with E-state index in [9.17, 15) is 4.79 Å². The molecule has 0 saturated carbocycles. The molecule has 0 radical (unpaired) electrons. The van der Waals surface area contributed by atoms with Gasteiger partial charge in [-0.3, -0.25) is 14.3 Å². The predicted octanol–water partition coefficient (Wildman–Crippen LogP) is 5.34. The van der Waals surface area contributed by atoms with Crippen LogP contribution in [0.2, 0.25) is 0 Å². The van der Waals surface area contributed by atoms with E-state index in [2.05, 4.69) is 37.2 Å². The minimum atomic E-state index is -0.128. The Kier molecular flexibility index (Phi) is 7.22. The number of aromatic nitrogens is 4. The summed E-state index contributed by atoms with van der Waals surface area (Å²) in [4.78, 5) is 16.8. The minimum Gasteiger partial charge on any atom is -0.454 e. The van der Waals surface area contributed by atoms with Gasteiger partial charge in [0.25, 0.3) is 5.91 Å². The molecule has 3 heterocycles. The van der Waals surface area contributed by atoms with E-state index in [0.29, 0.717) is 30.2 Å². The van der Waals surface area contributed by atoms with E-state index in [-0.39, 0.29) is 12.7 Å². The van der Waals surface area contributed by atoms with Gasteiger partial charge in [0, 0.05) is 35.8 Å². The van der Waals surface area contributed by atoms with Crippen molar-refractivity contribution in [2.24, 2.45) is 0 Å². The number of amides is 1. The molecule has 5 aromatic rings. The normalized spacial score (nSPS) is 11.9. The molecule has 0 unspecified atom stereocenters. The lowest BCUT2D eigenvalue weighted by Gasteiger charge is -2.11. The molecule has 0 fully saturated rings. The first-order valence-electron chi connectivity index (χ1n) is 12.5. The maximum Gasteiger partial charge on any atom is 0.251 e. The first-order chi connectivity index (χ1) is 19.2. The van der Waals surface area contributed by atoms with E-state index in [4.69, 9.17) is 9.47 Å². The maximum absolute atomic E-state index is 12.7. The molecule has 0 spiro atoms. The Morgan fingerprint density at radius 2 is 1.62 bits per heavy atom. The number of ether oxygens (including phenoxy) is 2. The number of hydrogen-bond acceptors (Lipinski definition) is 7. The molecule has 194 valence electrons. The highest BCUT2D eigenvalue weighted by atomic mass is 32.2. The van der Waals surface area contributed by atoms with Gasteiger partial charge in [-0.1, -0.05) is 60.3 Å². The molecule has 1 aliphatic heterocycles. The lowest BCUT2D eigenvalue weighted by Crippen LogP contribution is -2.22. The van der Waals surface area contributed by atoms with E-state index in [0.717, 1.165) is 33.4 Å². The fraction of sp³-hybridized carbons (Fsp3) is 0.133. The number of benzene rings is 3. The van der Waals surface area contributed by atoms with Crippen LogP contribution in [-0.2, 0) is 18.8 Å². The Morgan fingerprint density at radius 3 is 2.44 bits per heavy atom. The topological polar surface area (TPSA) is 91.2 Å². The van der Waals surface area contributed by atoms with Gasteiger partial charge in [0.2, 0.25) is 6.79 Å². The number of hydrogen-bond donors (Lipinski definition) is 1. The molecular weight excluding hydrogens is 510 g/mol. The molecule has 0 atom stereocenters. The Bertz CT molecular complexity index is 1570. The van der Waals surface area contributed by atoms with Crippen molar-refractivity contribution in [3.63, 3.8) is 0 Å². The van der Waals surface area contributed by atoms with E-state index in [1.54, 1.807) is 24.2 Å². The van der Waals surface area contributed by atoms with Gasteiger partial charge in [-0.05, 0) is 53.1 Å². The standard InChI is InChI=1S/C30H25N5O3S/c36-29(32-17-23-8-11-26-27(16-23)38-20-37-26)25-9-6-22(7-10-25)19-39-30-34-33-28(24-12-14-31-15-13-24)35(30)18-21-4-2-1-3-5-21/h1-16H,17-20H2,(H,32,36). The summed E-state index contributed by atoms with van der Waals surface area (Å²) < 4.78 is 12.9. The fourth-order valence-corrected chi connectivity index (χ4v) is 5.15. The molecule has 9 heteroatoms. The fourth-order valence-electron chi connectivity index (χ4n) is 4.25. The Labute approximate surface area is 230 Å². The number of fused-ring (bicyclic) bond motifs is 1. The number of rotatable bonds is 9. The van der Waals surface area contributed by atoms with Gasteiger partial charge in [-0.2, -0.15) is 0 Å². The zero-order valence-corrected chi connectivity index (χ0v) is 21.8. The Hall–Kier alpha value is -4.63. The number of nitrogens with one attached hydrogen (secondary N) is 1. The summed E-state index contributed by atoms with van der Waals surface area (Å²) in [6.07, 6.45) is 3.52. The van der Waals surface area contributed by atoms with E-state index < -0.39 is 0 Å². The largest absolute Gasteiger partial charge is 0.454 e. The summed E-state index contributed by atoms with van der Waals surface area (Å²) in [5.41, 5.74) is 4.79. The summed E-state index contributed by atoms with van der Waals surface area (Å²) in [5, 5.41) is 12.8. The van der Waals surface area contributed by atoms with Crippen molar-refractivity contribution in [3.05, 3.63) is 120 Å². The average Bonchev–Trinajstić information content (AvgIpc) is 3.62. The van der Waals surface area contributed by atoms with Crippen LogP contribution in [0.4, 0.5) is 0 Å². The van der Waals surface area contributed by atoms with Crippen LogP contribution in [0, 0.1) is 0 Å². The first kappa shape index (κ1) is 24.7. The van der Waals surface area contributed by atoms with Gasteiger partial charge in [0.05, 0.1) is 6.54 Å². The highest BCUT2D eigenvalue weighted by Crippen LogP contribution is 2.32. The van der Waals surface area contributed by atoms with Crippen molar-refractivity contribution < 1.29 is 14.3 Å². The zero-order chi connectivity index (χ0) is 26.4. The van der Waals surface area contributed by atoms with Gasteiger partial charge in [0.1, 0.15) is 0 Å². The predicted molar refractivity (Wildman–Crippen MR) is 149 cm³/mol. The van der Waals surface area contributed by atoms with E-state index in [1.165, 1.54) is 5.56 Å². The molecule has 0 bridgehead atoms. The van der Waals surface area contributed by atoms with Crippen LogP contribution in [0.3, 0.4) is 0 Å². The molecule has 1 N–H and O–H groups in total. The zero-order valence-electron chi connectivity index (χ0n) is 21.0. The first-order valence-corrected chi connectivity index (χ1v) is 13.5. The molecule has 1 aliphatic rings. The monoisotopic (exact) mass is 535 g/mol. The van der Waals surface area contributed by atoms with Crippen molar-refractivity contribution in [2.45, 2.75) is 24.0 Å². The summed E-state index contributed by atoms with van der Waals surface area (Å²) in [7, 11) is 0. The third-order valence-corrected chi connectivity index (χ3v) is 7.35. The number of pyridine rings is 1. The number of nitrogens with zero attached hydrogens (tertiary/aromatic N) is 4. The summed E-state index contributed by atoms with van der Waals surface area (Å²) in [5.74, 6) is 2.80. The third-order valence-electron chi connectivity index (χ3n) is 6.31. The van der Waals surface area contributed by atoms with Crippen molar-refractivity contribution in [2.75, 3.05) is 6.79 Å². The van der Waals surface area contributed by atoms with Gasteiger partial charge in [-0.15, -0.1) is 10.2 Å². The molecule has 3 aromatic carbocycles. The number of carbonyl (C=O) groups excluding carboxylic acids is 1. The van der Waals surface area contributed by atoms with Crippen LogP contribution in [-0.4, -0.2) is 32.4 Å². The SMILES string of the molecule is O=C(NCc1ccc2c(c1)OCO2)c1ccc(CSc2nnc(-c3ccncc3)n2Cc2ccccc2)cc1. The molecule has 0 saturated heterocycles. The Balaban J connectivity index is 1.11. The highest BCUT2D eigenvalue weighted by Gasteiger charge is 2.16. The number of carbonyl (C=O) groups is 1. The number of thioether (sulfide) groups is 1. The van der Waals surface area contributed by atoms with Crippen LogP contribution < -0.4 is 14.8 Å². The molecule has 39 heavy (non-hydrogen) atoms. The second kappa shape index (κ2) is 11.4. The van der Waals surface area contributed by atoms with Crippen LogP contribution >= 0.6 is 11.8 Å². The van der Waals surface area contributed by atoms with Crippen molar-refractivity contribution in [1.82, 2.24) is 25.1 Å². The van der Waals surface area contributed by atoms with Crippen LogP contribution in [0.1, 0.15) is 27.0 Å². The van der Waals surface area contributed by atoms with Crippen molar-refractivity contribution in [3.8, 4) is 22.9 Å². The molecular formula is C30H25N5O3S. The molecule has 1 amide bonds. The van der Waals surface area contributed by atoms with Crippen molar-refractivity contribution in [1.29, 1.82) is 0 Å². The quantitative estimate of drug-likeness (QED) is 0.255. The van der Waals surface area contributed by atoms with Gasteiger partial charge in [0.15, 0.2) is 22.5 Å². The van der Waals surface area contributed by atoms with E-state index >= 15 is 0 Å². The van der Waals surface area contributed by atoms with Crippen molar-refractivity contribution >= 4 is 17.7 Å². The van der Waals surface area contributed by atoms with Crippen LogP contribution in [0.25, 0.3) is 11.4 Å². The lowest BCUT2D eigenvalue weighted by molar-refractivity contribution is 0.0951. The smallest absolute Gasteiger partial charge is 0.251 e. The Morgan fingerprint density at radius 1 is 0.846 bits per heavy atom.